The highest BCUT2D eigenvalue weighted by atomic mass is 35.5. The number of Topliss-reactive ketones (excluding diaryl/α,β-unsaturated/α-hetero) is 1. The summed E-state index contributed by atoms with van der Waals surface area (Å²) in [6.07, 6.45) is -1.09. The number of alkyl halides is 1. The molecule has 1 amide bonds. The van der Waals surface area contributed by atoms with Crippen LogP contribution in [0, 0.1) is 11.7 Å². The lowest BCUT2D eigenvalue weighted by Crippen LogP contribution is -2.32. The molecule has 1 aliphatic heterocycles. The summed E-state index contributed by atoms with van der Waals surface area (Å²) in [4.78, 5) is 39.6. The van der Waals surface area contributed by atoms with E-state index in [1.165, 1.54) is 31.3 Å². The molecule has 170 valence electrons. The summed E-state index contributed by atoms with van der Waals surface area (Å²) >= 11 is 5.79. The molecule has 0 aliphatic carbocycles. The summed E-state index contributed by atoms with van der Waals surface area (Å²) < 4.78 is 29.1. The van der Waals surface area contributed by atoms with Crippen LogP contribution in [0.25, 0.3) is 0 Å². The van der Waals surface area contributed by atoms with Gasteiger partial charge in [0.25, 0.3) is 0 Å². The van der Waals surface area contributed by atoms with E-state index in [0.717, 1.165) is 12.1 Å². The zero-order chi connectivity index (χ0) is 23.3. The second kappa shape index (κ2) is 10.5. The van der Waals surface area contributed by atoms with Crippen molar-refractivity contribution in [3.8, 4) is 11.5 Å². The number of amides is 1. The monoisotopic (exact) mass is 463 g/mol. The SMILES string of the molecule is COc1ccc(N2C[C@H](C(=O)O[C@H](CCCl)C(=O)c3ccc(F)cc3)CC2=O)c(OC)c1. The van der Waals surface area contributed by atoms with Gasteiger partial charge in [0.15, 0.2) is 6.10 Å². The Hall–Kier alpha value is -3.13. The number of anilines is 1. The van der Waals surface area contributed by atoms with Crippen LogP contribution < -0.4 is 14.4 Å². The number of rotatable bonds is 9. The molecule has 9 heteroatoms. The highest BCUT2D eigenvalue weighted by Crippen LogP contribution is 2.36. The minimum atomic E-state index is -1.12. The Morgan fingerprint density at radius 3 is 2.50 bits per heavy atom. The van der Waals surface area contributed by atoms with Gasteiger partial charge in [-0.2, -0.15) is 0 Å². The summed E-state index contributed by atoms with van der Waals surface area (Å²) in [5.74, 6) is -1.57. The first kappa shape index (κ1) is 23.5. The molecule has 1 aliphatic rings. The standard InChI is InChI=1S/C23H23ClFNO6/c1-30-17-7-8-18(20(12-17)31-2)26-13-15(11-21(26)27)23(29)32-19(9-10-24)22(28)14-3-5-16(25)6-4-14/h3-8,12,15,19H,9-11,13H2,1-2H3/t15-,19-/m1/s1. The third-order valence-electron chi connectivity index (χ3n) is 5.19. The van der Waals surface area contributed by atoms with Gasteiger partial charge in [-0.05, 0) is 36.4 Å². The molecule has 0 bridgehead atoms. The van der Waals surface area contributed by atoms with Crippen molar-refractivity contribution in [2.45, 2.75) is 18.9 Å². The van der Waals surface area contributed by atoms with Crippen LogP contribution in [0.1, 0.15) is 23.2 Å². The molecule has 3 rings (SSSR count). The van der Waals surface area contributed by atoms with Crippen molar-refractivity contribution in [2.75, 3.05) is 31.5 Å². The fourth-order valence-electron chi connectivity index (χ4n) is 3.49. The van der Waals surface area contributed by atoms with Crippen LogP contribution in [0.2, 0.25) is 0 Å². The zero-order valence-corrected chi connectivity index (χ0v) is 18.4. The first-order valence-electron chi connectivity index (χ1n) is 9.96. The highest BCUT2D eigenvalue weighted by molar-refractivity contribution is 6.18. The molecule has 32 heavy (non-hydrogen) atoms. The lowest BCUT2D eigenvalue weighted by Gasteiger charge is -2.21. The molecule has 0 spiro atoms. The Kier molecular flexibility index (Phi) is 7.69. The van der Waals surface area contributed by atoms with E-state index in [2.05, 4.69) is 0 Å². The van der Waals surface area contributed by atoms with Gasteiger partial charge in [0.05, 0.1) is 25.8 Å². The number of hydrogen-bond acceptors (Lipinski definition) is 6. The average molecular weight is 464 g/mol. The molecule has 2 aromatic rings. The van der Waals surface area contributed by atoms with E-state index in [1.54, 1.807) is 18.2 Å². The number of benzene rings is 2. The fraction of sp³-hybridized carbons (Fsp3) is 0.348. The van der Waals surface area contributed by atoms with Gasteiger partial charge in [0, 0.05) is 36.9 Å². The Labute approximate surface area is 190 Å². The predicted octanol–water partition coefficient (Wildman–Crippen LogP) is 3.62. The molecule has 7 nitrogen and oxygen atoms in total. The number of ether oxygens (including phenoxy) is 3. The topological polar surface area (TPSA) is 82.1 Å². The summed E-state index contributed by atoms with van der Waals surface area (Å²) in [6, 6.07) is 9.97. The Morgan fingerprint density at radius 2 is 1.88 bits per heavy atom. The lowest BCUT2D eigenvalue weighted by atomic mass is 10.0. The molecule has 0 aromatic heterocycles. The Balaban J connectivity index is 1.73. The molecule has 2 atom stereocenters. The zero-order valence-electron chi connectivity index (χ0n) is 17.7. The molecule has 2 aromatic carbocycles. The molecular formula is C23H23ClFNO6. The minimum Gasteiger partial charge on any atom is -0.497 e. The van der Waals surface area contributed by atoms with E-state index < -0.39 is 29.6 Å². The van der Waals surface area contributed by atoms with Gasteiger partial charge < -0.3 is 19.1 Å². The van der Waals surface area contributed by atoms with Crippen molar-refractivity contribution < 1.29 is 33.0 Å². The van der Waals surface area contributed by atoms with E-state index in [4.69, 9.17) is 25.8 Å². The number of hydrogen-bond donors (Lipinski definition) is 0. The van der Waals surface area contributed by atoms with Crippen molar-refractivity contribution >= 4 is 34.9 Å². The number of carbonyl (C=O) groups excluding carboxylic acids is 3. The highest BCUT2D eigenvalue weighted by Gasteiger charge is 2.39. The van der Waals surface area contributed by atoms with Crippen LogP contribution in [0.3, 0.4) is 0 Å². The summed E-state index contributed by atoms with van der Waals surface area (Å²) in [7, 11) is 2.99. The molecule has 0 unspecified atom stereocenters. The van der Waals surface area contributed by atoms with Gasteiger partial charge >= 0.3 is 5.97 Å². The van der Waals surface area contributed by atoms with Gasteiger partial charge in [-0.15, -0.1) is 11.6 Å². The van der Waals surface area contributed by atoms with E-state index in [1.807, 2.05) is 0 Å². The van der Waals surface area contributed by atoms with Crippen LogP contribution in [0.5, 0.6) is 11.5 Å². The molecule has 1 heterocycles. The molecule has 0 N–H and O–H groups in total. The second-order valence-corrected chi connectivity index (χ2v) is 7.60. The van der Waals surface area contributed by atoms with Gasteiger partial charge in [0.2, 0.25) is 11.7 Å². The molecule has 1 fully saturated rings. The van der Waals surface area contributed by atoms with Crippen molar-refractivity contribution in [3.05, 3.63) is 53.8 Å². The smallest absolute Gasteiger partial charge is 0.312 e. The molecule has 0 saturated carbocycles. The number of halogens is 2. The van der Waals surface area contributed by atoms with E-state index >= 15 is 0 Å². The number of methoxy groups -OCH3 is 2. The van der Waals surface area contributed by atoms with Gasteiger partial charge in [-0.25, -0.2) is 4.39 Å². The van der Waals surface area contributed by atoms with Crippen molar-refractivity contribution in [1.82, 2.24) is 0 Å². The molecular weight excluding hydrogens is 441 g/mol. The Bertz CT molecular complexity index is 996. The average Bonchev–Trinajstić information content (AvgIpc) is 3.19. The van der Waals surface area contributed by atoms with Crippen molar-refractivity contribution in [3.63, 3.8) is 0 Å². The maximum atomic E-state index is 13.2. The van der Waals surface area contributed by atoms with Gasteiger partial charge in [-0.1, -0.05) is 0 Å². The van der Waals surface area contributed by atoms with Crippen LogP contribution in [0.4, 0.5) is 10.1 Å². The van der Waals surface area contributed by atoms with Crippen LogP contribution in [0.15, 0.2) is 42.5 Å². The molecule has 0 radical (unpaired) electrons. The summed E-state index contributed by atoms with van der Waals surface area (Å²) in [6.45, 7) is 0.0820. The number of nitrogens with zero attached hydrogens (tertiary/aromatic N) is 1. The lowest BCUT2D eigenvalue weighted by molar-refractivity contribution is -0.151. The maximum Gasteiger partial charge on any atom is 0.312 e. The second-order valence-electron chi connectivity index (χ2n) is 7.22. The minimum absolute atomic E-state index is 0.0631. The maximum absolute atomic E-state index is 13.2. The van der Waals surface area contributed by atoms with Crippen molar-refractivity contribution in [2.24, 2.45) is 5.92 Å². The van der Waals surface area contributed by atoms with Crippen molar-refractivity contribution in [1.29, 1.82) is 0 Å². The summed E-state index contributed by atoms with van der Waals surface area (Å²) in [5.41, 5.74) is 0.717. The number of carbonyl (C=O) groups is 3. The number of ketones is 1. The largest absolute Gasteiger partial charge is 0.497 e. The first-order valence-corrected chi connectivity index (χ1v) is 10.5. The number of esters is 1. The first-order chi connectivity index (χ1) is 15.4. The quantitative estimate of drug-likeness (QED) is 0.321. The predicted molar refractivity (Wildman–Crippen MR) is 116 cm³/mol. The third-order valence-corrected chi connectivity index (χ3v) is 5.41. The van der Waals surface area contributed by atoms with Crippen LogP contribution >= 0.6 is 11.6 Å². The van der Waals surface area contributed by atoms with Crippen LogP contribution in [-0.4, -0.2) is 50.4 Å². The Morgan fingerprint density at radius 1 is 1.16 bits per heavy atom. The van der Waals surface area contributed by atoms with E-state index in [9.17, 15) is 18.8 Å². The molecule has 1 saturated heterocycles. The third kappa shape index (κ3) is 5.19. The van der Waals surface area contributed by atoms with E-state index in [0.29, 0.717) is 17.2 Å². The van der Waals surface area contributed by atoms with Gasteiger partial charge in [0.1, 0.15) is 17.3 Å². The van der Waals surface area contributed by atoms with E-state index in [-0.39, 0.29) is 36.7 Å². The fourth-order valence-corrected chi connectivity index (χ4v) is 3.68. The van der Waals surface area contributed by atoms with Crippen LogP contribution in [-0.2, 0) is 14.3 Å². The normalized spacial score (nSPS) is 16.6. The summed E-state index contributed by atoms with van der Waals surface area (Å²) in [5, 5.41) is 0. The van der Waals surface area contributed by atoms with Gasteiger partial charge in [-0.3, -0.25) is 14.4 Å².